The fourth-order valence-electron chi connectivity index (χ4n) is 3.82. The van der Waals surface area contributed by atoms with Crippen LogP contribution in [-0.2, 0) is 20.8 Å². The maximum absolute atomic E-state index is 13.3. The van der Waals surface area contributed by atoms with E-state index in [0.717, 1.165) is 34.9 Å². The van der Waals surface area contributed by atoms with E-state index in [1.807, 2.05) is 6.07 Å². The number of pyridine rings is 1. The van der Waals surface area contributed by atoms with E-state index < -0.39 is 0 Å². The van der Waals surface area contributed by atoms with Crippen LogP contribution in [0.15, 0.2) is 27.6 Å². The van der Waals surface area contributed by atoms with Gasteiger partial charge in [-0.15, -0.1) is 0 Å². The Bertz CT molecular complexity index is 902. The molecule has 3 heterocycles. The average Bonchev–Trinajstić information content (AvgIpc) is 2.94. The zero-order chi connectivity index (χ0) is 18.8. The van der Waals surface area contributed by atoms with Gasteiger partial charge >= 0.3 is 5.69 Å². The molecule has 1 aliphatic heterocycles. The highest BCUT2D eigenvalue weighted by atomic mass is 79.9. The van der Waals surface area contributed by atoms with Crippen molar-refractivity contribution in [1.82, 2.24) is 14.1 Å². The van der Waals surface area contributed by atoms with Crippen molar-refractivity contribution in [2.24, 2.45) is 0 Å². The van der Waals surface area contributed by atoms with Gasteiger partial charge in [-0.2, -0.15) is 0 Å². The topological polar surface area (TPSA) is 67.5 Å². The number of hydrogen-bond acceptors (Lipinski definition) is 5. The van der Waals surface area contributed by atoms with Gasteiger partial charge < -0.3 is 14.2 Å². The van der Waals surface area contributed by atoms with Crippen LogP contribution in [0.2, 0.25) is 0 Å². The smallest absolute Gasteiger partial charge is 0.334 e. The Balaban J connectivity index is 1.72. The van der Waals surface area contributed by atoms with Gasteiger partial charge in [-0.25, -0.2) is 14.3 Å². The lowest BCUT2D eigenvalue weighted by molar-refractivity contribution is -0.157. The quantitative estimate of drug-likeness (QED) is 0.719. The fraction of sp³-hybridized carbons (Fsp3) is 0.579. The lowest BCUT2D eigenvalue weighted by Crippen LogP contribution is -2.42. The van der Waals surface area contributed by atoms with Crippen molar-refractivity contribution in [3.63, 3.8) is 0 Å². The second-order valence-electron chi connectivity index (χ2n) is 7.04. The molecule has 0 N–H and O–H groups in total. The molecule has 0 radical (unpaired) electrons. The highest BCUT2D eigenvalue weighted by molar-refractivity contribution is 9.10. The average molecular weight is 438 g/mol. The van der Waals surface area contributed by atoms with Crippen molar-refractivity contribution in [1.29, 1.82) is 0 Å². The Morgan fingerprint density at radius 3 is 2.96 bits per heavy atom. The molecule has 2 aliphatic rings. The van der Waals surface area contributed by atoms with Gasteiger partial charge in [0.15, 0.2) is 5.65 Å². The molecule has 1 aliphatic carbocycles. The summed E-state index contributed by atoms with van der Waals surface area (Å²) < 4.78 is 21.2. The van der Waals surface area contributed by atoms with Crippen LogP contribution in [0.3, 0.4) is 0 Å². The zero-order valence-corrected chi connectivity index (χ0v) is 17.0. The maximum Gasteiger partial charge on any atom is 0.334 e. The second kappa shape index (κ2) is 8.26. The number of ether oxygens (including phenoxy) is 3. The van der Waals surface area contributed by atoms with Crippen LogP contribution in [0.25, 0.3) is 16.9 Å². The van der Waals surface area contributed by atoms with E-state index in [2.05, 4.69) is 27.0 Å². The van der Waals surface area contributed by atoms with Crippen LogP contribution in [-0.4, -0.2) is 53.3 Å². The summed E-state index contributed by atoms with van der Waals surface area (Å²) in [5.74, 6) is 0. The Hall–Kier alpha value is -1.48. The molecule has 1 saturated heterocycles. The Kier molecular flexibility index (Phi) is 5.77. The molecule has 0 saturated carbocycles. The molecule has 0 bridgehead atoms. The van der Waals surface area contributed by atoms with E-state index in [0.29, 0.717) is 32.0 Å². The number of methoxy groups -OCH3 is 1. The molecule has 1 fully saturated rings. The maximum atomic E-state index is 13.3. The van der Waals surface area contributed by atoms with E-state index in [1.165, 1.54) is 6.42 Å². The normalized spacial score (nSPS) is 23.6. The Morgan fingerprint density at radius 1 is 1.33 bits per heavy atom. The number of halogens is 1. The zero-order valence-electron chi connectivity index (χ0n) is 15.4. The van der Waals surface area contributed by atoms with Gasteiger partial charge in [0.1, 0.15) is 6.10 Å². The number of nitrogens with zero attached hydrogens (tertiary/aromatic N) is 3. The summed E-state index contributed by atoms with van der Waals surface area (Å²) in [5.41, 5.74) is 2.48. The Morgan fingerprint density at radius 2 is 2.19 bits per heavy atom. The predicted molar refractivity (Wildman–Crippen MR) is 106 cm³/mol. The van der Waals surface area contributed by atoms with E-state index in [1.54, 1.807) is 22.4 Å². The third-order valence-corrected chi connectivity index (χ3v) is 5.46. The van der Waals surface area contributed by atoms with E-state index >= 15 is 0 Å². The molecule has 1 unspecified atom stereocenters. The first-order chi connectivity index (χ1) is 13.2. The summed E-state index contributed by atoms with van der Waals surface area (Å²) >= 11 is 3.48. The van der Waals surface area contributed by atoms with Crippen LogP contribution in [0.5, 0.6) is 0 Å². The number of hydrogen-bond donors (Lipinski definition) is 0. The summed E-state index contributed by atoms with van der Waals surface area (Å²) in [7, 11) is 1.65. The van der Waals surface area contributed by atoms with Gasteiger partial charge in [-0.1, -0.05) is 6.08 Å². The minimum atomic E-state index is -0.199. The van der Waals surface area contributed by atoms with E-state index in [9.17, 15) is 4.79 Å². The molecule has 2 aromatic rings. The minimum Gasteiger partial charge on any atom is -0.382 e. The number of rotatable bonds is 5. The van der Waals surface area contributed by atoms with Crippen LogP contribution in [0, 0.1) is 0 Å². The summed E-state index contributed by atoms with van der Waals surface area (Å²) in [6.07, 6.45) is 7.76. The van der Waals surface area contributed by atoms with Gasteiger partial charge in [-0.3, -0.25) is 4.57 Å². The van der Waals surface area contributed by atoms with Crippen molar-refractivity contribution >= 4 is 32.8 Å². The number of allylic oxidation sites excluding steroid dienone is 2. The molecule has 7 nitrogen and oxygen atoms in total. The highest BCUT2D eigenvalue weighted by Crippen LogP contribution is 2.25. The molecular formula is C19H24BrN3O4. The number of imidazole rings is 1. The molecule has 0 amide bonds. The SMILES string of the molecule is COCC1COC[C@H](Cn2c(=O)n(C3=CCCCC3)c3ncc(Br)cc32)O1. The Labute approximate surface area is 166 Å². The van der Waals surface area contributed by atoms with Gasteiger partial charge in [0.05, 0.1) is 38.0 Å². The van der Waals surface area contributed by atoms with Crippen LogP contribution in [0.1, 0.15) is 25.7 Å². The minimum absolute atomic E-state index is 0.0683. The van der Waals surface area contributed by atoms with Crippen molar-refractivity contribution in [3.05, 3.63) is 33.3 Å². The second-order valence-corrected chi connectivity index (χ2v) is 7.95. The van der Waals surface area contributed by atoms with Crippen LogP contribution < -0.4 is 5.69 Å². The number of aromatic nitrogens is 3. The molecule has 2 aromatic heterocycles. The van der Waals surface area contributed by atoms with Crippen LogP contribution >= 0.6 is 15.9 Å². The summed E-state index contributed by atoms with van der Waals surface area (Å²) in [4.78, 5) is 17.8. The first-order valence-corrected chi connectivity index (χ1v) is 10.1. The first-order valence-electron chi connectivity index (χ1n) is 9.35. The predicted octanol–water partition coefficient (Wildman–Crippen LogP) is 2.81. The van der Waals surface area contributed by atoms with Gasteiger partial charge in [0.25, 0.3) is 0 Å². The van der Waals surface area contributed by atoms with Crippen molar-refractivity contribution < 1.29 is 14.2 Å². The summed E-state index contributed by atoms with van der Waals surface area (Å²) in [6, 6.07) is 1.94. The van der Waals surface area contributed by atoms with Gasteiger partial charge in [0, 0.05) is 23.5 Å². The third kappa shape index (κ3) is 3.89. The molecular weight excluding hydrogens is 414 g/mol. The number of fused-ring (bicyclic) bond motifs is 1. The molecule has 0 spiro atoms. The molecule has 2 atom stereocenters. The van der Waals surface area contributed by atoms with Crippen molar-refractivity contribution in [2.75, 3.05) is 26.9 Å². The van der Waals surface area contributed by atoms with Crippen molar-refractivity contribution in [2.45, 2.75) is 44.4 Å². The molecule has 8 heteroatoms. The van der Waals surface area contributed by atoms with E-state index in [-0.39, 0.29) is 17.9 Å². The first kappa shape index (κ1) is 18.9. The van der Waals surface area contributed by atoms with Crippen LogP contribution in [0.4, 0.5) is 0 Å². The van der Waals surface area contributed by atoms with E-state index in [4.69, 9.17) is 14.2 Å². The molecule has 27 heavy (non-hydrogen) atoms. The standard InChI is InChI=1S/C19H24BrN3O4/c1-25-10-16-12-26-11-15(27-16)9-22-17-7-13(20)8-21-18(17)23(19(22)24)14-5-3-2-4-6-14/h5,7-8,15-16H,2-4,6,9-12H2,1H3/t15-,16?/m0/s1. The molecule has 4 rings (SSSR count). The summed E-state index contributed by atoms with van der Waals surface area (Å²) in [6.45, 7) is 1.88. The highest BCUT2D eigenvalue weighted by Gasteiger charge is 2.26. The monoisotopic (exact) mass is 437 g/mol. The van der Waals surface area contributed by atoms with Gasteiger partial charge in [0.2, 0.25) is 0 Å². The van der Waals surface area contributed by atoms with Gasteiger partial charge in [-0.05, 0) is 47.7 Å². The lowest BCUT2D eigenvalue weighted by Gasteiger charge is -2.29. The summed E-state index contributed by atoms with van der Waals surface area (Å²) in [5, 5.41) is 0. The lowest BCUT2D eigenvalue weighted by atomic mass is 10.0. The molecule has 146 valence electrons. The largest absolute Gasteiger partial charge is 0.382 e. The molecule has 0 aromatic carbocycles. The van der Waals surface area contributed by atoms with Crippen molar-refractivity contribution in [3.8, 4) is 0 Å². The third-order valence-electron chi connectivity index (χ3n) is 5.02. The fourth-order valence-corrected chi connectivity index (χ4v) is 4.14.